The fraction of sp³-hybridized carbons (Fsp3) is 0.929. The molecule has 0 spiro atoms. The van der Waals surface area contributed by atoms with Crippen LogP contribution < -0.4 is 11.0 Å². The van der Waals surface area contributed by atoms with E-state index in [0.29, 0.717) is 6.42 Å². The highest BCUT2D eigenvalue weighted by atomic mass is 16.2. The minimum atomic E-state index is 0.0812. The molecule has 0 aromatic carbocycles. The zero-order chi connectivity index (χ0) is 14.5. The Kier molecular flexibility index (Phi) is 12.0. The lowest BCUT2D eigenvalue weighted by Crippen LogP contribution is -2.57. The molecule has 0 bridgehead atoms. The predicted molar refractivity (Wildman–Crippen MR) is 80.0 cm³/mol. The van der Waals surface area contributed by atoms with Crippen LogP contribution in [0.3, 0.4) is 0 Å². The highest BCUT2D eigenvalue weighted by molar-refractivity contribution is 5.75. The van der Waals surface area contributed by atoms with Crippen molar-refractivity contribution in [2.75, 3.05) is 19.6 Å². The largest absolute Gasteiger partial charge is 0.274 e. The molecule has 0 radical (unpaired) electrons. The Morgan fingerprint density at radius 2 is 1.63 bits per heavy atom. The molecule has 0 rings (SSSR count). The Balaban J connectivity index is 4.16. The second kappa shape index (κ2) is 12.4. The van der Waals surface area contributed by atoms with E-state index in [1.54, 1.807) is 0 Å². The van der Waals surface area contributed by atoms with Crippen molar-refractivity contribution in [2.24, 2.45) is 0 Å². The highest BCUT2D eigenvalue weighted by Crippen LogP contribution is 2.00. The molecule has 2 N–H and O–H groups in total. The molecule has 0 saturated carbocycles. The van der Waals surface area contributed by atoms with Gasteiger partial charge in [-0.15, -0.1) is 5.12 Å². The zero-order valence-electron chi connectivity index (χ0n) is 13.2. The first-order chi connectivity index (χ1) is 9.17. The summed E-state index contributed by atoms with van der Waals surface area (Å²) in [5.41, 5.74) is 6.19. The van der Waals surface area contributed by atoms with Gasteiger partial charge in [0, 0.05) is 26.1 Å². The number of hydrogen-bond acceptors (Lipinski definition) is 4. The van der Waals surface area contributed by atoms with E-state index >= 15 is 0 Å². The van der Waals surface area contributed by atoms with E-state index in [0.717, 1.165) is 32.5 Å². The van der Waals surface area contributed by atoms with Crippen LogP contribution in [0.2, 0.25) is 0 Å². The van der Waals surface area contributed by atoms with Crippen LogP contribution in [0, 0.1) is 0 Å². The highest BCUT2D eigenvalue weighted by Gasteiger charge is 2.10. The average molecular weight is 272 g/mol. The van der Waals surface area contributed by atoms with Crippen LogP contribution in [-0.2, 0) is 4.79 Å². The molecule has 0 aliphatic carbocycles. The Labute approximate surface area is 118 Å². The molecule has 0 aliphatic rings. The zero-order valence-corrected chi connectivity index (χ0v) is 13.2. The summed E-state index contributed by atoms with van der Waals surface area (Å²) in [5.74, 6) is 0.0812. The molecule has 1 amide bonds. The SMILES string of the molecule is CCCCCCN(NC(=O)CCC)NN(CC)CC. The minimum absolute atomic E-state index is 0.0812. The number of nitrogens with zero attached hydrogens (tertiary/aromatic N) is 2. The van der Waals surface area contributed by atoms with Gasteiger partial charge < -0.3 is 0 Å². The van der Waals surface area contributed by atoms with Crippen LogP contribution in [-0.4, -0.2) is 35.7 Å². The third-order valence-electron chi connectivity index (χ3n) is 3.00. The molecule has 0 aromatic heterocycles. The van der Waals surface area contributed by atoms with Crippen LogP contribution in [0.15, 0.2) is 0 Å². The van der Waals surface area contributed by atoms with Crippen LogP contribution in [0.4, 0.5) is 0 Å². The lowest BCUT2D eigenvalue weighted by atomic mass is 10.2. The van der Waals surface area contributed by atoms with Crippen molar-refractivity contribution >= 4 is 5.91 Å². The lowest BCUT2D eigenvalue weighted by molar-refractivity contribution is -0.131. The van der Waals surface area contributed by atoms with E-state index in [1.807, 2.05) is 12.0 Å². The number of rotatable bonds is 12. The topological polar surface area (TPSA) is 47.6 Å². The van der Waals surface area contributed by atoms with Gasteiger partial charge in [0.25, 0.3) is 0 Å². The molecule has 0 aliphatic heterocycles. The predicted octanol–water partition coefficient (Wildman–Crippen LogP) is 2.46. The maximum absolute atomic E-state index is 11.7. The third-order valence-corrected chi connectivity index (χ3v) is 3.00. The van der Waals surface area contributed by atoms with Gasteiger partial charge in [-0.25, -0.2) is 5.01 Å². The third kappa shape index (κ3) is 9.87. The number of amides is 1. The summed E-state index contributed by atoms with van der Waals surface area (Å²) < 4.78 is 0. The fourth-order valence-electron chi connectivity index (χ4n) is 1.80. The standard InChI is InChI=1S/C14H32N4O/c1-5-9-10-11-13-18(15-14(19)12-6-2)16-17(7-3)8-4/h16H,5-13H2,1-4H3,(H,15,19). The number of carbonyl (C=O) groups excluding carboxylic acids is 1. The summed E-state index contributed by atoms with van der Waals surface area (Å²) in [6.45, 7) is 11.1. The number of unbranched alkanes of at least 4 members (excludes halogenated alkanes) is 3. The van der Waals surface area contributed by atoms with E-state index in [1.165, 1.54) is 19.3 Å². The van der Waals surface area contributed by atoms with Gasteiger partial charge >= 0.3 is 0 Å². The van der Waals surface area contributed by atoms with E-state index in [4.69, 9.17) is 0 Å². The Morgan fingerprint density at radius 3 is 2.16 bits per heavy atom. The Bertz CT molecular complexity index is 219. The van der Waals surface area contributed by atoms with E-state index in [-0.39, 0.29) is 5.91 Å². The van der Waals surface area contributed by atoms with Crippen LogP contribution in [0.5, 0.6) is 0 Å². The number of hydrogen-bond donors (Lipinski definition) is 2. The summed E-state index contributed by atoms with van der Waals surface area (Å²) in [6.07, 6.45) is 6.23. The first-order valence-corrected chi connectivity index (χ1v) is 7.76. The normalized spacial score (nSPS) is 11.3. The molecule has 5 nitrogen and oxygen atoms in total. The van der Waals surface area contributed by atoms with Gasteiger partial charge in [-0.2, -0.15) is 5.53 Å². The molecule has 0 heterocycles. The van der Waals surface area contributed by atoms with Crippen molar-refractivity contribution < 1.29 is 4.79 Å². The maximum Gasteiger partial charge on any atom is 0.235 e. The Morgan fingerprint density at radius 1 is 0.947 bits per heavy atom. The summed E-state index contributed by atoms with van der Waals surface area (Å²) in [5, 5.41) is 3.91. The smallest absolute Gasteiger partial charge is 0.235 e. The quantitative estimate of drug-likeness (QED) is 0.423. The molecule has 0 unspecified atom stereocenters. The van der Waals surface area contributed by atoms with Gasteiger partial charge in [-0.05, 0) is 12.8 Å². The van der Waals surface area contributed by atoms with Crippen molar-refractivity contribution in [1.82, 2.24) is 21.1 Å². The summed E-state index contributed by atoms with van der Waals surface area (Å²) in [7, 11) is 0. The molecule has 0 atom stereocenters. The Hall–Kier alpha value is -0.650. The van der Waals surface area contributed by atoms with Crippen molar-refractivity contribution in [2.45, 2.75) is 66.2 Å². The molecule has 5 heteroatoms. The van der Waals surface area contributed by atoms with Crippen LogP contribution in [0.25, 0.3) is 0 Å². The van der Waals surface area contributed by atoms with Gasteiger partial charge in [0.15, 0.2) is 0 Å². The van der Waals surface area contributed by atoms with Crippen molar-refractivity contribution in [3.63, 3.8) is 0 Å². The number of carbonyl (C=O) groups is 1. The van der Waals surface area contributed by atoms with Crippen LogP contribution in [0.1, 0.15) is 66.2 Å². The minimum Gasteiger partial charge on any atom is -0.274 e. The second-order valence-electron chi connectivity index (χ2n) is 4.77. The average Bonchev–Trinajstić information content (AvgIpc) is 2.40. The van der Waals surface area contributed by atoms with Crippen LogP contribution >= 0.6 is 0 Å². The van der Waals surface area contributed by atoms with E-state index in [2.05, 4.69) is 36.7 Å². The summed E-state index contributed by atoms with van der Waals surface area (Å²) in [6, 6.07) is 0. The van der Waals surface area contributed by atoms with Gasteiger partial charge in [0.05, 0.1) is 0 Å². The molecular formula is C14H32N4O. The summed E-state index contributed by atoms with van der Waals surface area (Å²) >= 11 is 0. The summed E-state index contributed by atoms with van der Waals surface area (Å²) in [4.78, 5) is 11.7. The second-order valence-corrected chi connectivity index (χ2v) is 4.77. The van der Waals surface area contributed by atoms with Crippen molar-refractivity contribution in [3.8, 4) is 0 Å². The first kappa shape index (κ1) is 18.4. The van der Waals surface area contributed by atoms with Gasteiger partial charge in [0.1, 0.15) is 0 Å². The lowest BCUT2D eigenvalue weighted by Gasteiger charge is -2.30. The monoisotopic (exact) mass is 272 g/mol. The first-order valence-electron chi connectivity index (χ1n) is 7.76. The molecule has 0 fully saturated rings. The van der Waals surface area contributed by atoms with Gasteiger partial charge in [0.2, 0.25) is 5.91 Å². The molecule has 114 valence electrons. The van der Waals surface area contributed by atoms with Gasteiger partial charge in [-0.3, -0.25) is 10.2 Å². The van der Waals surface area contributed by atoms with Gasteiger partial charge in [-0.1, -0.05) is 47.0 Å². The molecule has 19 heavy (non-hydrogen) atoms. The van der Waals surface area contributed by atoms with Crippen molar-refractivity contribution in [1.29, 1.82) is 0 Å². The number of hydrazine groups is 3. The van der Waals surface area contributed by atoms with E-state index in [9.17, 15) is 4.79 Å². The van der Waals surface area contributed by atoms with Crippen molar-refractivity contribution in [3.05, 3.63) is 0 Å². The van der Waals surface area contributed by atoms with E-state index < -0.39 is 0 Å². The maximum atomic E-state index is 11.7. The molecular weight excluding hydrogens is 240 g/mol. The molecule has 0 aromatic rings. The molecule has 0 saturated heterocycles. The number of nitrogens with one attached hydrogen (secondary N) is 2. The fourth-order valence-corrected chi connectivity index (χ4v) is 1.80.